The molecule has 2 rings (SSSR count). The molecule has 2 aliphatic rings. The maximum Gasteiger partial charge on any atom is 0.220 e. The van der Waals surface area contributed by atoms with Gasteiger partial charge in [0.15, 0.2) is 0 Å². The molecule has 1 aliphatic carbocycles. The van der Waals surface area contributed by atoms with Crippen LogP contribution in [0, 0.1) is 5.92 Å². The minimum atomic E-state index is 0.209. The highest BCUT2D eigenvalue weighted by Gasteiger charge is 2.26. The summed E-state index contributed by atoms with van der Waals surface area (Å²) in [5.41, 5.74) is 0. The molecular formula is C8H13NO2. The fourth-order valence-corrected chi connectivity index (χ4v) is 1.19. The van der Waals surface area contributed by atoms with E-state index in [4.69, 9.17) is 4.74 Å². The zero-order chi connectivity index (χ0) is 7.68. The number of amides is 1. The van der Waals surface area contributed by atoms with Gasteiger partial charge in [-0.1, -0.05) is 0 Å². The molecule has 62 valence electrons. The largest absolute Gasteiger partial charge is 0.377 e. The van der Waals surface area contributed by atoms with Crippen molar-refractivity contribution in [2.45, 2.75) is 25.3 Å². The van der Waals surface area contributed by atoms with Gasteiger partial charge in [0, 0.05) is 6.42 Å². The number of carbonyl (C=O) groups excluding carboxylic acids is 1. The fourth-order valence-electron chi connectivity index (χ4n) is 1.19. The second-order valence-corrected chi connectivity index (χ2v) is 3.45. The van der Waals surface area contributed by atoms with Crippen molar-refractivity contribution >= 4 is 5.91 Å². The maximum absolute atomic E-state index is 11.1. The van der Waals surface area contributed by atoms with Crippen LogP contribution in [0.25, 0.3) is 0 Å². The highest BCUT2D eigenvalue weighted by Crippen LogP contribution is 2.32. The molecular weight excluding hydrogens is 142 g/mol. The summed E-state index contributed by atoms with van der Waals surface area (Å²) in [6.07, 6.45) is 3.22. The molecule has 0 aromatic heterocycles. The number of carbonyl (C=O) groups is 1. The Kier molecular flexibility index (Phi) is 1.82. The van der Waals surface area contributed by atoms with Crippen LogP contribution >= 0.6 is 0 Å². The molecule has 1 N–H and O–H groups in total. The van der Waals surface area contributed by atoms with Gasteiger partial charge in [0.2, 0.25) is 5.91 Å². The van der Waals surface area contributed by atoms with Crippen LogP contribution in [0.4, 0.5) is 0 Å². The average Bonchev–Trinajstić information content (AvgIpc) is 2.62. The molecule has 1 amide bonds. The van der Waals surface area contributed by atoms with Gasteiger partial charge >= 0.3 is 0 Å². The molecule has 3 nitrogen and oxygen atoms in total. The van der Waals surface area contributed by atoms with Crippen LogP contribution in [0.15, 0.2) is 0 Å². The Morgan fingerprint density at radius 3 is 2.64 bits per heavy atom. The minimum Gasteiger partial charge on any atom is -0.377 e. The molecule has 1 aliphatic heterocycles. The van der Waals surface area contributed by atoms with Crippen molar-refractivity contribution in [3.05, 3.63) is 0 Å². The first-order valence-electron chi connectivity index (χ1n) is 4.21. The summed E-state index contributed by atoms with van der Waals surface area (Å²) >= 11 is 0. The number of ether oxygens (including phenoxy) is 1. The fraction of sp³-hybridized carbons (Fsp3) is 0.875. The highest BCUT2D eigenvalue weighted by molar-refractivity contribution is 5.76. The van der Waals surface area contributed by atoms with E-state index in [9.17, 15) is 4.79 Å². The van der Waals surface area contributed by atoms with E-state index in [2.05, 4.69) is 5.32 Å². The molecule has 0 bridgehead atoms. The molecule has 0 aromatic rings. The van der Waals surface area contributed by atoms with Gasteiger partial charge in [-0.2, -0.15) is 0 Å². The standard InChI is InChI=1S/C8H13NO2/c10-8(3-6-1-2-6)9-7-4-11-5-7/h6-7H,1-5H2,(H,9,10). The predicted octanol–water partition coefficient (Wildman–Crippen LogP) is 0.301. The smallest absolute Gasteiger partial charge is 0.220 e. The first-order chi connectivity index (χ1) is 5.34. The number of nitrogens with one attached hydrogen (secondary N) is 1. The molecule has 0 spiro atoms. The Morgan fingerprint density at radius 2 is 2.18 bits per heavy atom. The first-order valence-corrected chi connectivity index (χ1v) is 4.21. The number of hydrogen-bond donors (Lipinski definition) is 1. The van der Waals surface area contributed by atoms with E-state index in [0.717, 1.165) is 6.42 Å². The Morgan fingerprint density at radius 1 is 1.45 bits per heavy atom. The normalized spacial score (nSPS) is 24.4. The lowest BCUT2D eigenvalue weighted by molar-refractivity contribution is -0.125. The molecule has 2 fully saturated rings. The molecule has 11 heavy (non-hydrogen) atoms. The Balaban J connectivity index is 1.63. The third kappa shape index (κ3) is 1.93. The lowest BCUT2D eigenvalue weighted by Crippen LogP contribution is -2.48. The van der Waals surface area contributed by atoms with Crippen LogP contribution in [0.1, 0.15) is 19.3 Å². The second kappa shape index (κ2) is 2.81. The summed E-state index contributed by atoms with van der Waals surface area (Å²) in [6.45, 7) is 1.41. The van der Waals surface area contributed by atoms with Crippen molar-refractivity contribution in [3.8, 4) is 0 Å². The van der Waals surface area contributed by atoms with Crippen LogP contribution < -0.4 is 5.32 Å². The summed E-state index contributed by atoms with van der Waals surface area (Å²) < 4.78 is 4.94. The Hall–Kier alpha value is -0.570. The van der Waals surface area contributed by atoms with E-state index in [1.807, 2.05) is 0 Å². The maximum atomic E-state index is 11.1. The molecule has 0 aromatic carbocycles. The van der Waals surface area contributed by atoms with E-state index >= 15 is 0 Å². The summed E-state index contributed by atoms with van der Waals surface area (Å²) in [7, 11) is 0. The van der Waals surface area contributed by atoms with E-state index in [1.165, 1.54) is 12.8 Å². The van der Waals surface area contributed by atoms with E-state index < -0.39 is 0 Å². The summed E-state index contributed by atoms with van der Waals surface area (Å²) in [5.74, 6) is 0.900. The van der Waals surface area contributed by atoms with Gasteiger partial charge in [-0.3, -0.25) is 4.79 Å². The van der Waals surface area contributed by atoms with Gasteiger partial charge in [-0.15, -0.1) is 0 Å². The Bertz CT molecular complexity index is 161. The second-order valence-electron chi connectivity index (χ2n) is 3.45. The lowest BCUT2D eigenvalue weighted by Gasteiger charge is -2.26. The van der Waals surface area contributed by atoms with Gasteiger partial charge < -0.3 is 10.1 Å². The van der Waals surface area contributed by atoms with Crippen LogP contribution in [0.2, 0.25) is 0 Å². The van der Waals surface area contributed by atoms with E-state index in [0.29, 0.717) is 25.2 Å². The SMILES string of the molecule is O=C(CC1CC1)NC1COC1. The lowest BCUT2D eigenvalue weighted by atomic mass is 10.2. The predicted molar refractivity (Wildman–Crippen MR) is 40.1 cm³/mol. The summed E-state index contributed by atoms with van der Waals surface area (Å²) in [4.78, 5) is 11.1. The van der Waals surface area contributed by atoms with Crippen molar-refractivity contribution in [2.75, 3.05) is 13.2 Å². The highest BCUT2D eigenvalue weighted by atomic mass is 16.5. The van der Waals surface area contributed by atoms with Gasteiger partial charge in [-0.05, 0) is 18.8 Å². The van der Waals surface area contributed by atoms with Crippen LogP contribution in [0.5, 0.6) is 0 Å². The molecule has 0 atom stereocenters. The quantitative estimate of drug-likeness (QED) is 0.636. The van der Waals surface area contributed by atoms with Crippen molar-refractivity contribution in [1.82, 2.24) is 5.32 Å². The monoisotopic (exact) mass is 155 g/mol. The van der Waals surface area contributed by atoms with E-state index in [-0.39, 0.29) is 5.91 Å². The van der Waals surface area contributed by atoms with Crippen LogP contribution in [-0.4, -0.2) is 25.2 Å². The van der Waals surface area contributed by atoms with Crippen molar-refractivity contribution in [2.24, 2.45) is 5.92 Å². The minimum absolute atomic E-state index is 0.209. The molecule has 3 heteroatoms. The topological polar surface area (TPSA) is 38.3 Å². The molecule has 0 radical (unpaired) electrons. The van der Waals surface area contributed by atoms with Crippen LogP contribution in [-0.2, 0) is 9.53 Å². The van der Waals surface area contributed by atoms with Crippen molar-refractivity contribution in [3.63, 3.8) is 0 Å². The van der Waals surface area contributed by atoms with Gasteiger partial charge in [-0.25, -0.2) is 0 Å². The Labute approximate surface area is 66.1 Å². The first kappa shape index (κ1) is 7.10. The summed E-state index contributed by atoms with van der Waals surface area (Å²) in [5, 5.41) is 2.92. The van der Waals surface area contributed by atoms with Gasteiger partial charge in [0.05, 0.1) is 19.3 Å². The molecule has 1 saturated heterocycles. The molecule has 1 saturated carbocycles. The van der Waals surface area contributed by atoms with Crippen molar-refractivity contribution in [1.29, 1.82) is 0 Å². The average molecular weight is 155 g/mol. The zero-order valence-electron chi connectivity index (χ0n) is 6.51. The van der Waals surface area contributed by atoms with Crippen molar-refractivity contribution < 1.29 is 9.53 Å². The van der Waals surface area contributed by atoms with Crippen LogP contribution in [0.3, 0.4) is 0 Å². The zero-order valence-corrected chi connectivity index (χ0v) is 6.51. The number of rotatable bonds is 3. The number of hydrogen-bond acceptors (Lipinski definition) is 2. The molecule has 0 unspecified atom stereocenters. The van der Waals surface area contributed by atoms with Gasteiger partial charge in [0.25, 0.3) is 0 Å². The van der Waals surface area contributed by atoms with E-state index in [1.54, 1.807) is 0 Å². The third-order valence-electron chi connectivity index (χ3n) is 2.17. The van der Waals surface area contributed by atoms with Gasteiger partial charge in [0.1, 0.15) is 0 Å². The third-order valence-corrected chi connectivity index (χ3v) is 2.17. The summed E-state index contributed by atoms with van der Waals surface area (Å²) in [6, 6.07) is 0.307. The molecule has 1 heterocycles.